The number of anilines is 1. The van der Waals surface area contributed by atoms with Gasteiger partial charge in [-0.1, -0.05) is 5.16 Å². The number of nitrogens with two attached hydrogens (primary N) is 1. The van der Waals surface area contributed by atoms with Crippen molar-refractivity contribution in [2.24, 2.45) is 16.8 Å². The van der Waals surface area contributed by atoms with Crippen LogP contribution in [0, 0.1) is 19.8 Å². The predicted molar refractivity (Wildman–Crippen MR) is 82.9 cm³/mol. The van der Waals surface area contributed by atoms with Gasteiger partial charge < -0.3 is 20.7 Å². The largest absolute Gasteiger partial charge is 0.409 e. The summed E-state index contributed by atoms with van der Waals surface area (Å²) in [7, 11) is 4.11. The number of aryl methyl sites for hydroxylation is 1. The molecule has 0 aromatic carbocycles. The number of hydrogen-bond acceptors (Lipinski definition) is 6. The number of amidine groups is 1. The molecule has 0 spiro atoms. The number of nitrogens with zero attached hydrogens (tertiary/aromatic N) is 5. The van der Waals surface area contributed by atoms with Crippen LogP contribution < -0.4 is 10.6 Å². The molecule has 1 aromatic heterocycles. The SMILES string of the molecule is Cc1nnc(N(C)CC2CCN(C)C2)c(C(N)=NO)c1C. The number of hydrogen-bond donors (Lipinski definition) is 2. The maximum Gasteiger partial charge on any atom is 0.174 e. The molecule has 1 fully saturated rings. The topological polar surface area (TPSA) is 90.9 Å². The second kappa shape index (κ2) is 6.26. The molecule has 3 N–H and O–H groups in total. The molecule has 0 bridgehead atoms. The quantitative estimate of drug-likeness (QED) is 0.365. The fourth-order valence-corrected chi connectivity index (χ4v) is 2.87. The molecule has 1 saturated heterocycles. The van der Waals surface area contributed by atoms with E-state index in [9.17, 15) is 0 Å². The van der Waals surface area contributed by atoms with E-state index in [0.717, 1.165) is 30.9 Å². The highest BCUT2D eigenvalue weighted by molar-refractivity contribution is 6.02. The molecule has 1 aliphatic heterocycles. The van der Waals surface area contributed by atoms with Gasteiger partial charge in [-0.05, 0) is 45.3 Å². The molecule has 1 atom stereocenters. The van der Waals surface area contributed by atoms with Crippen molar-refractivity contribution in [3.63, 3.8) is 0 Å². The number of likely N-dealkylation sites (tertiary alicyclic amines) is 1. The third kappa shape index (κ3) is 3.24. The van der Waals surface area contributed by atoms with E-state index >= 15 is 0 Å². The van der Waals surface area contributed by atoms with Crippen molar-refractivity contribution in [2.75, 3.05) is 38.6 Å². The van der Waals surface area contributed by atoms with Gasteiger partial charge in [-0.15, -0.1) is 5.10 Å². The highest BCUT2D eigenvalue weighted by Crippen LogP contribution is 2.23. The summed E-state index contributed by atoms with van der Waals surface area (Å²) in [5.41, 5.74) is 8.18. The van der Waals surface area contributed by atoms with Crippen molar-refractivity contribution < 1.29 is 5.21 Å². The van der Waals surface area contributed by atoms with Gasteiger partial charge in [0.05, 0.1) is 11.3 Å². The average molecular weight is 292 g/mol. The molecule has 0 amide bonds. The van der Waals surface area contributed by atoms with Crippen LogP contribution in [0.5, 0.6) is 0 Å². The van der Waals surface area contributed by atoms with Crippen molar-refractivity contribution >= 4 is 11.7 Å². The molecule has 1 aromatic rings. The summed E-state index contributed by atoms with van der Waals surface area (Å²) in [5, 5.41) is 20.6. The summed E-state index contributed by atoms with van der Waals surface area (Å²) in [6, 6.07) is 0. The number of rotatable bonds is 4. The minimum Gasteiger partial charge on any atom is -0.409 e. The molecule has 2 rings (SSSR count). The van der Waals surface area contributed by atoms with Gasteiger partial charge >= 0.3 is 0 Å². The van der Waals surface area contributed by atoms with Crippen LogP contribution in [0.25, 0.3) is 0 Å². The normalized spacial score (nSPS) is 20.0. The van der Waals surface area contributed by atoms with Crippen LogP contribution in [0.2, 0.25) is 0 Å². The van der Waals surface area contributed by atoms with Gasteiger partial charge in [0, 0.05) is 20.1 Å². The van der Waals surface area contributed by atoms with E-state index in [1.807, 2.05) is 20.9 Å². The zero-order chi connectivity index (χ0) is 15.6. The third-order valence-corrected chi connectivity index (χ3v) is 4.18. The molecule has 2 heterocycles. The Morgan fingerprint density at radius 2 is 2.19 bits per heavy atom. The van der Waals surface area contributed by atoms with Crippen LogP contribution >= 0.6 is 0 Å². The van der Waals surface area contributed by atoms with Crippen LogP contribution in [0.4, 0.5) is 5.82 Å². The molecular weight excluding hydrogens is 268 g/mol. The summed E-state index contributed by atoms with van der Waals surface area (Å²) in [4.78, 5) is 4.38. The van der Waals surface area contributed by atoms with E-state index in [1.165, 1.54) is 6.42 Å². The number of aromatic nitrogens is 2. The molecule has 0 aliphatic carbocycles. The standard InChI is InChI=1S/C14H24N6O/c1-9-10(2)16-17-14(12(9)13(15)18-21)20(4)8-11-5-6-19(3)7-11/h11,21H,5-8H2,1-4H3,(H2,15,18). The van der Waals surface area contributed by atoms with Crippen molar-refractivity contribution in [3.8, 4) is 0 Å². The van der Waals surface area contributed by atoms with E-state index in [0.29, 0.717) is 17.3 Å². The fraction of sp³-hybridized carbons (Fsp3) is 0.643. The molecular formula is C14H24N6O. The lowest BCUT2D eigenvalue weighted by Gasteiger charge is -2.24. The zero-order valence-electron chi connectivity index (χ0n) is 13.2. The van der Waals surface area contributed by atoms with Crippen LogP contribution in [0.15, 0.2) is 5.16 Å². The summed E-state index contributed by atoms with van der Waals surface area (Å²) in [6.45, 7) is 6.88. The van der Waals surface area contributed by atoms with E-state index in [2.05, 4.69) is 32.2 Å². The maximum absolute atomic E-state index is 9.02. The Morgan fingerprint density at radius 3 is 2.76 bits per heavy atom. The van der Waals surface area contributed by atoms with Gasteiger partial charge in [0.2, 0.25) is 0 Å². The van der Waals surface area contributed by atoms with Crippen LogP contribution in [0.3, 0.4) is 0 Å². The van der Waals surface area contributed by atoms with Gasteiger partial charge in [0.15, 0.2) is 11.7 Å². The Morgan fingerprint density at radius 1 is 1.48 bits per heavy atom. The van der Waals surface area contributed by atoms with Crippen molar-refractivity contribution in [1.82, 2.24) is 15.1 Å². The minimum absolute atomic E-state index is 0.0795. The first-order valence-electron chi connectivity index (χ1n) is 7.15. The van der Waals surface area contributed by atoms with Crippen LogP contribution in [0.1, 0.15) is 23.2 Å². The average Bonchev–Trinajstić information content (AvgIpc) is 2.85. The lowest BCUT2D eigenvalue weighted by Crippen LogP contribution is -2.31. The van der Waals surface area contributed by atoms with Gasteiger partial charge in [-0.25, -0.2) is 0 Å². The van der Waals surface area contributed by atoms with Gasteiger partial charge in [0.1, 0.15) is 0 Å². The Labute approximate surface area is 125 Å². The van der Waals surface area contributed by atoms with Gasteiger partial charge in [0.25, 0.3) is 0 Å². The lowest BCUT2D eigenvalue weighted by atomic mass is 10.1. The first kappa shape index (κ1) is 15.5. The smallest absolute Gasteiger partial charge is 0.174 e. The zero-order valence-corrected chi connectivity index (χ0v) is 13.2. The van der Waals surface area contributed by atoms with Crippen molar-refractivity contribution in [1.29, 1.82) is 0 Å². The summed E-state index contributed by atoms with van der Waals surface area (Å²) in [6.07, 6.45) is 1.18. The highest BCUT2D eigenvalue weighted by Gasteiger charge is 2.24. The monoisotopic (exact) mass is 292 g/mol. The molecule has 0 radical (unpaired) electrons. The number of oxime groups is 1. The molecule has 116 valence electrons. The lowest BCUT2D eigenvalue weighted by molar-refractivity contribution is 0.318. The van der Waals surface area contributed by atoms with Crippen molar-refractivity contribution in [2.45, 2.75) is 20.3 Å². The molecule has 7 nitrogen and oxygen atoms in total. The molecule has 1 aliphatic rings. The van der Waals surface area contributed by atoms with E-state index in [1.54, 1.807) is 0 Å². The minimum atomic E-state index is 0.0795. The van der Waals surface area contributed by atoms with E-state index in [4.69, 9.17) is 10.9 Å². The third-order valence-electron chi connectivity index (χ3n) is 4.18. The van der Waals surface area contributed by atoms with Crippen LogP contribution in [-0.2, 0) is 0 Å². The second-order valence-electron chi connectivity index (χ2n) is 5.89. The van der Waals surface area contributed by atoms with Crippen LogP contribution in [-0.4, -0.2) is 59.9 Å². The molecule has 7 heteroatoms. The maximum atomic E-state index is 9.02. The van der Waals surface area contributed by atoms with Gasteiger partial charge in [-0.3, -0.25) is 0 Å². The molecule has 0 saturated carbocycles. The first-order chi connectivity index (χ1) is 9.93. The van der Waals surface area contributed by atoms with Crippen molar-refractivity contribution in [3.05, 3.63) is 16.8 Å². The first-order valence-corrected chi connectivity index (χ1v) is 7.15. The molecule has 21 heavy (non-hydrogen) atoms. The Bertz CT molecular complexity index is 545. The van der Waals surface area contributed by atoms with E-state index < -0.39 is 0 Å². The fourth-order valence-electron chi connectivity index (χ4n) is 2.87. The van der Waals surface area contributed by atoms with E-state index in [-0.39, 0.29) is 5.84 Å². The molecule has 1 unspecified atom stereocenters. The van der Waals surface area contributed by atoms with Gasteiger partial charge in [-0.2, -0.15) is 5.10 Å². The summed E-state index contributed by atoms with van der Waals surface area (Å²) >= 11 is 0. The Kier molecular flexibility index (Phi) is 4.62. The second-order valence-corrected chi connectivity index (χ2v) is 5.89. The Balaban J connectivity index is 2.28. The predicted octanol–water partition coefficient (Wildman–Crippen LogP) is 0.576. The highest BCUT2D eigenvalue weighted by atomic mass is 16.4. The Hall–Kier alpha value is -1.89. The summed E-state index contributed by atoms with van der Waals surface area (Å²) < 4.78 is 0. The summed E-state index contributed by atoms with van der Waals surface area (Å²) in [5.74, 6) is 1.35.